The fraction of sp³-hybridized carbons (Fsp3) is 0.381. The van der Waals surface area contributed by atoms with Crippen molar-refractivity contribution in [3.8, 4) is 5.88 Å². The molecule has 31 heavy (non-hydrogen) atoms. The summed E-state index contributed by atoms with van der Waals surface area (Å²) >= 11 is 1.69. The van der Waals surface area contributed by atoms with Gasteiger partial charge in [0.15, 0.2) is 6.61 Å². The molecule has 0 saturated carbocycles. The van der Waals surface area contributed by atoms with Crippen LogP contribution in [0.15, 0.2) is 42.6 Å². The molecule has 1 fully saturated rings. The number of hydrogen-bond acceptors (Lipinski definition) is 6. The van der Waals surface area contributed by atoms with Gasteiger partial charge in [-0.05, 0) is 25.1 Å². The number of thiazole rings is 1. The van der Waals surface area contributed by atoms with Crippen molar-refractivity contribution in [1.82, 2.24) is 19.8 Å². The minimum absolute atomic E-state index is 0.154. The zero-order valence-corrected chi connectivity index (χ0v) is 17.6. The number of piperazine rings is 1. The molecule has 3 aromatic rings. The molecule has 0 N–H and O–H groups in total. The summed E-state index contributed by atoms with van der Waals surface area (Å²) in [6.45, 7) is 3.24. The zero-order chi connectivity index (χ0) is 22.0. The van der Waals surface area contributed by atoms with Crippen LogP contribution in [0.2, 0.25) is 0 Å². The van der Waals surface area contributed by atoms with Crippen LogP contribution in [0.25, 0.3) is 10.2 Å². The van der Waals surface area contributed by atoms with E-state index in [1.165, 1.54) is 18.3 Å². The molecule has 0 radical (unpaired) electrons. The van der Waals surface area contributed by atoms with Crippen molar-refractivity contribution in [2.24, 2.45) is 0 Å². The zero-order valence-electron chi connectivity index (χ0n) is 16.8. The lowest BCUT2D eigenvalue weighted by atomic mass is 10.2. The number of para-hydroxylation sites is 1. The Morgan fingerprint density at radius 1 is 1.16 bits per heavy atom. The monoisotopic (exact) mass is 450 g/mol. The van der Waals surface area contributed by atoms with E-state index in [1.807, 2.05) is 18.2 Å². The van der Waals surface area contributed by atoms with Crippen LogP contribution in [0.4, 0.5) is 13.2 Å². The lowest BCUT2D eigenvalue weighted by Crippen LogP contribution is -2.49. The molecule has 164 valence electrons. The first kappa shape index (κ1) is 21.5. The molecule has 1 aromatic carbocycles. The van der Waals surface area contributed by atoms with Gasteiger partial charge in [0.1, 0.15) is 5.01 Å². The fourth-order valence-corrected chi connectivity index (χ4v) is 4.52. The third-order valence-electron chi connectivity index (χ3n) is 5.18. The van der Waals surface area contributed by atoms with Gasteiger partial charge in [0, 0.05) is 38.4 Å². The summed E-state index contributed by atoms with van der Waals surface area (Å²) in [4.78, 5) is 25.3. The molecular weight excluding hydrogens is 429 g/mol. The number of nitrogens with zero attached hydrogens (tertiary/aromatic N) is 4. The molecule has 0 bridgehead atoms. The summed E-state index contributed by atoms with van der Waals surface area (Å²) < 4.78 is 42.4. The molecule has 0 unspecified atom stereocenters. The second kappa shape index (κ2) is 8.80. The molecule has 1 atom stereocenters. The van der Waals surface area contributed by atoms with Gasteiger partial charge >= 0.3 is 6.18 Å². The molecule has 6 nitrogen and oxygen atoms in total. The predicted octanol–water partition coefficient (Wildman–Crippen LogP) is 4.15. The van der Waals surface area contributed by atoms with E-state index in [0.717, 1.165) is 15.2 Å². The topological polar surface area (TPSA) is 58.6 Å². The van der Waals surface area contributed by atoms with Crippen molar-refractivity contribution >= 4 is 27.5 Å². The predicted molar refractivity (Wildman–Crippen MR) is 111 cm³/mol. The second-order valence-electron chi connectivity index (χ2n) is 7.31. The number of carbonyl (C=O) groups is 1. The average Bonchev–Trinajstić information content (AvgIpc) is 3.21. The first-order valence-corrected chi connectivity index (χ1v) is 10.7. The van der Waals surface area contributed by atoms with Gasteiger partial charge in [-0.3, -0.25) is 9.69 Å². The normalized spacial score (nSPS) is 16.5. The summed E-state index contributed by atoms with van der Waals surface area (Å²) in [5.74, 6) is -0.356. The molecule has 1 saturated heterocycles. The summed E-state index contributed by atoms with van der Waals surface area (Å²) in [6, 6.07) is 10.9. The minimum atomic E-state index is -4.43. The summed E-state index contributed by atoms with van der Waals surface area (Å²) in [5, 5.41) is 1.06. The van der Waals surface area contributed by atoms with Crippen molar-refractivity contribution in [2.75, 3.05) is 32.8 Å². The van der Waals surface area contributed by atoms with E-state index in [-0.39, 0.29) is 17.8 Å². The molecule has 0 aliphatic carbocycles. The number of alkyl halides is 3. The van der Waals surface area contributed by atoms with Crippen LogP contribution in [0.3, 0.4) is 0 Å². The Morgan fingerprint density at radius 2 is 1.90 bits per heavy atom. The number of carbonyl (C=O) groups excluding carboxylic acids is 1. The lowest BCUT2D eigenvalue weighted by molar-refractivity contribution is -0.154. The number of benzene rings is 1. The van der Waals surface area contributed by atoms with Crippen LogP contribution in [0.5, 0.6) is 5.88 Å². The maximum atomic E-state index is 12.7. The molecule has 1 aliphatic rings. The van der Waals surface area contributed by atoms with Crippen molar-refractivity contribution < 1.29 is 22.7 Å². The van der Waals surface area contributed by atoms with Crippen LogP contribution in [0.1, 0.15) is 28.3 Å². The quantitative estimate of drug-likeness (QED) is 0.585. The molecule has 2 aromatic heterocycles. The van der Waals surface area contributed by atoms with E-state index in [0.29, 0.717) is 31.7 Å². The van der Waals surface area contributed by atoms with Gasteiger partial charge in [0.2, 0.25) is 5.88 Å². The summed E-state index contributed by atoms with van der Waals surface area (Å²) in [6.07, 6.45) is -3.18. The molecule has 10 heteroatoms. The SMILES string of the molecule is C[C@H](c1nc2ccccc2s1)N1CCN(C(=O)c2ccc(OCC(F)(F)F)nc2)CC1. The number of aromatic nitrogens is 2. The summed E-state index contributed by atoms with van der Waals surface area (Å²) in [7, 11) is 0. The highest BCUT2D eigenvalue weighted by atomic mass is 32.1. The van der Waals surface area contributed by atoms with Gasteiger partial charge in [-0.1, -0.05) is 12.1 Å². The highest BCUT2D eigenvalue weighted by Crippen LogP contribution is 2.30. The average molecular weight is 450 g/mol. The van der Waals surface area contributed by atoms with Crippen LogP contribution >= 0.6 is 11.3 Å². The van der Waals surface area contributed by atoms with Crippen molar-refractivity contribution in [3.05, 3.63) is 53.2 Å². The van der Waals surface area contributed by atoms with Crippen molar-refractivity contribution in [2.45, 2.75) is 19.1 Å². The number of halogens is 3. The van der Waals surface area contributed by atoms with Crippen molar-refractivity contribution in [3.63, 3.8) is 0 Å². The molecule has 1 amide bonds. The second-order valence-corrected chi connectivity index (χ2v) is 8.38. The number of pyridine rings is 1. The number of rotatable bonds is 5. The molecule has 1 aliphatic heterocycles. The highest BCUT2D eigenvalue weighted by Gasteiger charge is 2.29. The van der Waals surface area contributed by atoms with Gasteiger partial charge in [-0.2, -0.15) is 13.2 Å². The molecule has 0 spiro atoms. The molecular formula is C21H21F3N4O2S. The Balaban J connectivity index is 1.33. The largest absolute Gasteiger partial charge is 0.468 e. The van der Waals surface area contributed by atoms with Crippen LogP contribution in [-0.4, -0.2) is 64.6 Å². The number of hydrogen-bond donors (Lipinski definition) is 0. The minimum Gasteiger partial charge on any atom is -0.468 e. The Bertz CT molecular complexity index is 1010. The van der Waals surface area contributed by atoms with Crippen molar-refractivity contribution in [1.29, 1.82) is 0 Å². The van der Waals surface area contributed by atoms with E-state index in [4.69, 9.17) is 4.98 Å². The van der Waals surface area contributed by atoms with Crippen LogP contribution in [-0.2, 0) is 0 Å². The Morgan fingerprint density at radius 3 is 2.55 bits per heavy atom. The number of fused-ring (bicyclic) bond motifs is 1. The van der Waals surface area contributed by atoms with E-state index >= 15 is 0 Å². The third-order valence-corrected chi connectivity index (χ3v) is 6.39. The Labute approximate surface area is 181 Å². The van der Waals surface area contributed by atoms with Gasteiger partial charge in [-0.15, -0.1) is 11.3 Å². The van der Waals surface area contributed by atoms with E-state index < -0.39 is 12.8 Å². The number of ether oxygens (including phenoxy) is 1. The molecule has 4 rings (SSSR count). The maximum Gasteiger partial charge on any atom is 0.422 e. The maximum absolute atomic E-state index is 12.7. The first-order valence-electron chi connectivity index (χ1n) is 9.84. The Hall–Kier alpha value is -2.72. The van der Waals surface area contributed by atoms with Gasteiger partial charge in [0.25, 0.3) is 5.91 Å². The van der Waals surface area contributed by atoms with Gasteiger partial charge in [0.05, 0.1) is 21.8 Å². The van der Waals surface area contributed by atoms with E-state index in [1.54, 1.807) is 16.2 Å². The third kappa shape index (κ3) is 5.13. The fourth-order valence-electron chi connectivity index (χ4n) is 3.47. The summed E-state index contributed by atoms with van der Waals surface area (Å²) in [5.41, 5.74) is 1.32. The van der Waals surface area contributed by atoms with E-state index in [2.05, 4.69) is 27.6 Å². The molecule has 3 heterocycles. The van der Waals surface area contributed by atoms with Gasteiger partial charge in [-0.25, -0.2) is 9.97 Å². The van der Waals surface area contributed by atoms with E-state index in [9.17, 15) is 18.0 Å². The van der Waals surface area contributed by atoms with Crippen LogP contribution < -0.4 is 4.74 Å². The lowest BCUT2D eigenvalue weighted by Gasteiger charge is -2.37. The van der Waals surface area contributed by atoms with Crippen LogP contribution in [0, 0.1) is 0 Å². The smallest absolute Gasteiger partial charge is 0.422 e. The first-order chi connectivity index (χ1) is 14.8. The Kier molecular flexibility index (Phi) is 6.10. The van der Waals surface area contributed by atoms with Gasteiger partial charge < -0.3 is 9.64 Å². The highest BCUT2D eigenvalue weighted by molar-refractivity contribution is 7.18. The number of amides is 1. The standard InChI is InChI=1S/C21H21F3N4O2S/c1-14(19-26-16-4-2-3-5-17(16)31-19)27-8-10-28(11-9-27)20(29)15-6-7-18(25-12-15)30-13-21(22,23)24/h2-7,12,14H,8-11,13H2,1H3/t14-/m1/s1.